The highest BCUT2D eigenvalue weighted by Crippen LogP contribution is 2.50. The molecule has 0 radical (unpaired) electrons. The number of aromatic carboxylic acids is 1. The number of halogens is 1. The number of carboxylic acid groups (broad SMARTS) is 2. The van der Waals surface area contributed by atoms with Crippen molar-refractivity contribution >= 4 is 52.3 Å². The van der Waals surface area contributed by atoms with E-state index in [-0.39, 0.29) is 54.7 Å². The topological polar surface area (TPSA) is 181 Å². The summed E-state index contributed by atoms with van der Waals surface area (Å²) in [6.07, 6.45) is 1.09. The molecule has 13 nitrogen and oxygen atoms in total. The monoisotopic (exact) mass is 602 g/mol. The van der Waals surface area contributed by atoms with Crippen molar-refractivity contribution in [2.24, 2.45) is 5.92 Å². The molecule has 4 aliphatic rings. The van der Waals surface area contributed by atoms with Gasteiger partial charge in [0.2, 0.25) is 11.3 Å². The summed E-state index contributed by atoms with van der Waals surface area (Å²) < 4.78 is 20.9. The van der Waals surface area contributed by atoms with Crippen molar-refractivity contribution < 1.29 is 43.6 Å². The Morgan fingerprint density at radius 2 is 1.83 bits per heavy atom. The number of fused-ring (bicyclic) bond motifs is 2. The lowest BCUT2D eigenvalue weighted by molar-refractivity contribution is -0.156. The highest BCUT2D eigenvalue weighted by atomic mass is 32.2. The average Bonchev–Trinajstić information content (AvgIpc) is 3.72. The van der Waals surface area contributed by atoms with Crippen LogP contribution in [-0.2, 0) is 14.3 Å². The molecule has 0 unspecified atom stereocenters. The molecule has 1 aromatic heterocycles. The second-order valence-corrected chi connectivity index (χ2v) is 12.0. The lowest BCUT2D eigenvalue weighted by atomic mass is 9.92. The molecular formula is C27H27FN4O9S. The number of H-pyrrole nitrogens is 1. The number of carbonyl (C=O) groups is 4. The zero-order chi connectivity index (χ0) is 30.0. The summed E-state index contributed by atoms with van der Waals surface area (Å²) in [6.45, 7) is 1.99. The molecule has 0 bridgehead atoms. The molecule has 1 saturated carbocycles. The van der Waals surface area contributed by atoms with Gasteiger partial charge in [-0.2, -0.15) is 0 Å². The van der Waals surface area contributed by atoms with E-state index in [4.69, 9.17) is 4.74 Å². The van der Waals surface area contributed by atoms with Crippen molar-refractivity contribution in [1.82, 2.24) is 14.8 Å². The van der Waals surface area contributed by atoms with Crippen molar-refractivity contribution in [1.29, 1.82) is 0 Å². The van der Waals surface area contributed by atoms with Crippen LogP contribution in [0.1, 0.15) is 41.6 Å². The zero-order valence-electron chi connectivity index (χ0n) is 22.3. The number of nitrogens with zero attached hydrogens (tertiary/aromatic N) is 3. The van der Waals surface area contributed by atoms with Gasteiger partial charge in [0.15, 0.2) is 0 Å². The molecule has 4 N–H and O–H groups in total. The third kappa shape index (κ3) is 4.47. The molecule has 6 rings (SSSR count). The molecule has 1 aliphatic carbocycles. The minimum absolute atomic E-state index is 0.0134. The minimum atomic E-state index is -1.40. The van der Waals surface area contributed by atoms with Crippen LogP contribution in [0.5, 0.6) is 0 Å². The van der Waals surface area contributed by atoms with E-state index in [1.165, 1.54) is 11.8 Å². The molecule has 42 heavy (non-hydrogen) atoms. The highest BCUT2D eigenvalue weighted by Gasteiger charge is 2.57. The number of aromatic amines is 1. The fraction of sp³-hybridized carbons (Fsp3) is 0.444. The van der Waals surface area contributed by atoms with Gasteiger partial charge in [-0.25, -0.2) is 18.8 Å². The first-order chi connectivity index (χ1) is 20.0. The van der Waals surface area contributed by atoms with Crippen molar-refractivity contribution in [3.8, 4) is 0 Å². The molecule has 15 heteroatoms. The normalized spacial score (nSPS) is 22.7. The Kier molecular flexibility index (Phi) is 6.88. The first-order valence-electron chi connectivity index (χ1n) is 13.4. The summed E-state index contributed by atoms with van der Waals surface area (Å²) in [5, 5.41) is 28.2. The van der Waals surface area contributed by atoms with Crippen LogP contribution in [0.3, 0.4) is 0 Å². The van der Waals surface area contributed by atoms with Crippen LogP contribution in [0.4, 0.5) is 14.9 Å². The number of piperazine rings is 1. The number of benzene rings is 1. The molecule has 3 atom stereocenters. The zero-order valence-corrected chi connectivity index (χ0v) is 23.1. The number of anilines is 1. The highest BCUT2D eigenvalue weighted by molar-refractivity contribution is 8.04. The van der Waals surface area contributed by atoms with E-state index >= 15 is 4.39 Å². The van der Waals surface area contributed by atoms with Gasteiger partial charge in [0, 0.05) is 43.3 Å². The molecule has 1 aromatic carbocycles. The van der Waals surface area contributed by atoms with E-state index in [2.05, 4.69) is 4.98 Å². The van der Waals surface area contributed by atoms with Crippen LogP contribution in [0.2, 0.25) is 0 Å². The molecule has 222 valence electrons. The maximum Gasteiger partial charge on any atom is 0.410 e. The van der Waals surface area contributed by atoms with E-state index in [0.29, 0.717) is 16.8 Å². The summed E-state index contributed by atoms with van der Waals surface area (Å²) in [7, 11) is 0. The number of hydrogen-bond donors (Lipinski definition) is 4. The Labute approximate surface area is 241 Å². The number of amides is 2. The molecule has 3 fully saturated rings. The predicted molar refractivity (Wildman–Crippen MR) is 147 cm³/mol. The Balaban J connectivity index is 1.15. The number of carboxylic acids is 2. The fourth-order valence-corrected chi connectivity index (χ4v) is 7.41. The number of carbonyl (C=O) groups excluding carboxylic acids is 2. The SMILES string of the molecule is C[C@@H](O)[C@@H]1C(=O)N2C(C(=O)O)=C(COC(=O)N3CCN(c4c(F)cc5c(=O)c(C(=O)O)c[nH]c5c4C4CC4)CC3)S[C@H]12. The second kappa shape index (κ2) is 10.3. The van der Waals surface area contributed by atoms with Crippen LogP contribution in [0.25, 0.3) is 10.9 Å². The van der Waals surface area contributed by atoms with Gasteiger partial charge in [-0.05, 0) is 31.7 Å². The van der Waals surface area contributed by atoms with Crippen LogP contribution < -0.4 is 10.3 Å². The van der Waals surface area contributed by atoms with E-state index in [1.807, 2.05) is 0 Å². The van der Waals surface area contributed by atoms with Gasteiger partial charge in [0.1, 0.15) is 29.1 Å². The predicted octanol–water partition coefficient (Wildman–Crippen LogP) is 1.71. The van der Waals surface area contributed by atoms with Gasteiger partial charge in [-0.1, -0.05) is 11.8 Å². The molecule has 4 heterocycles. The smallest absolute Gasteiger partial charge is 0.410 e. The fourth-order valence-electron chi connectivity index (χ4n) is 5.88. The largest absolute Gasteiger partial charge is 0.477 e. The average molecular weight is 603 g/mol. The molecule has 3 aliphatic heterocycles. The summed E-state index contributed by atoms with van der Waals surface area (Å²) in [5.41, 5.74) is -0.132. The number of aliphatic carboxylic acids is 1. The summed E-state index contributed by atoms with van der Waals surface area (Å²) >= 11 is 1.08. The first-order valence-corrected chi connectivity index (χ1v) is 14.3. The van der Waals surface area contributed by atoms with Gasteiger partial charge in [-0.3, -0.25) is 14.5 Å². The number of pyridine rings is 1. The first kappa shape index (κ1) is 28.0. The lowest BCUT2D eigenvalue weighted by Gasteiger charge is -2.43. The van der Waals surface area contributed by atoms with Gasteiger partial charge in [0.05, 0.1) is 28.1 Å². The second-order valence-electron chi connectivity index (χ2n) is 10.7. The van der Waals surface area contributed by atoms with Crippen molar-refractivity contribution in [3.63, 3.8) is 0 Å². The number of β-lactam (4-membered cyclic amide) rings is 1. The van der Waals surface area contributed by atoms with Gasteiger partial charge in [-0.15, -0.1) is 0 Å². The van der Waals surface area contributed by atoms with Crippen molar-refractivity contribution in [3.05, 3.63) is 50.0 Å². The molecular weight excluding hydrogens is 575 g/mol. The van der Waals surface area contributed by atoms with Crippen LogP contribution >= 0.6 is 11.8 Å². The third-order valence-electron chi connectivity index (χ3n) is 8.11. The number of aliphatic hydroxyl groups is 1. The number of aromatic nitrogens is 1. The Morgan fingerprint density at radius 1 is 1.14 bits per heavy atom. The molecule has 0 spiro atoms. The number of hydrogen-bond acceptors (Lipinski definition) is 9. The number of ether oxygens (including phenoxy) is 1. The van der Waals surface area contributed by atoms with E-state index < -0.39 is 58.1 Å². The van der Waals surface area contributed by atoms with Gasteiger partial charge >= 0.3 is 18.0 Å². The van der Waals surface area contributed by atoms with E-state index in [9.17, 15) is 39.3 Å². The van der Waals surface area contributed by atoms with Crippen LogP contribution in [-0.4, -0.2) is 98.3 Å². The molecule has 2 aromatic rings. The Morgan fingerprint density at radius 3 is 2.43 bits per heavy atom. The summed E-state index contributed by atoms with van der Waals surface area (Å²) in [4.78, 5) is 68.6. The van der Waals surface area contributed by atoms with Crippen LogP contribution in [0, 0.1) is 11.7 Å². The van der Waals surface area contributed by atoms with E-state index in [1.54, 1.807) is 4.90 Å². The number of nitrogens with one attached hydrogen (secondary N) is 1. The minimum Gasteiger partial charge on any atom is -0.477 e. The quantitative estimate of drug-likeness (QED) is 0.339. The van der Waals surface area contributed by atoms with E-state index in [0.717, 1.165) is 41.8 Å². The molecule has 2 saturated heterocycles. The standard InChI is InChI=1S/C27H27FN4O9S/c1-11(33)17-23(35)32-21(26(38)39)16(42-24(17)32)10-41-27(40)31-6-4-30(5-7-31)20-15(28)8-13-19(18(20)12-2-3-12)29-9-14(22(13)34)25(36)37/h8-9,11-12,17,24,33H,2-7,10H2,1H3,(H,29,34)(H,36,37)(H,38,39)/t11-,17-,24-/m1/s1. The van der Waals surface area contributed by atoms with Gasteiger partial charge in [0.25, 0.3) is 0 Å². The number of aliphatic hydroxyl groups excluding tert-OH is 1. The maximum atomic E-state index is 15.5. The van der Waals surface area contributed by atoms with Crippen molar-refractivity contribution in [2.75, 3.05) is 37.7 Å². The third-order valence-corrected chi connectivity index (χ3v) is 9.45. The summed E-state index contributed by atoms with van der Waals surface area (Å²) in [6, 6.07) is 1.06. The van der Waals surface area contributed by atoms with Gasteiger partial charge < -0.3 is 34.8 Å². The Hall–Kier alpha value is -4.11. The number of thioether (sulfide) groups is 1. The van der Waals surface area contributed by atoms with Crippen LogP contribution in [0.15, 0.2) is 27.7 Å². The summed E-state index contributed by atoms with van der Waals surface area (Å²) in [5.74, 6) is -4.59. The molecule has 2 amide bonds. The Bertz CT molecular complexity index is 1630. The maximum absolute atomic E-state index is 15.5. The lowest BCUT2D eigenvalue weighted by Crippen LogP contribution is -2.60. The van der Waals surface area contributed by atoms with Crippen molar-refractivity contribution in [2.45, 2.75) is 37.2 Å². The number of rotatable bonds is 7.